The van der Waals surface area contributed by atoms with Crippen molar-refractivity contribution in [1.82, 2.24) is 5.32 Å². The Bertz CT molecular complexity index is 271. The van der Waals surface area contributed by atoms with Crippen molar-refractivity contribution in [3.8, 4) is 0 Å². The average Bonchev–Trinajstić information content (AvgIpc) is 2.84. The highest BCUT2D eigenvalue weighted by Gasteiger charge is 2.55. The van der Waals surface area contributed by atoms with Crippen molar-refractivity contribution in [1.29, 1.82) is 0 Å². The van der Waals surface area contributed by atoms with E-state index in [0.29, 0.717) is 5.54 Å². The van der Waals surface area contributed by atoms with Gasteiger partial charge in [0.25, 0.3) is 0 Å². The van der Waals surface area contributed by atoms with E-state index in [1.54, 1.807) is 0 Å². The van der Waals surface area contributed by atoms with Crippen LogP contribution in [0.3, 0.4) is 0 Å². The summed E-state index contributed by atoms with van der Waals surface area (Å²) in [5.74, 6) is 1.84. The van der Waals surface area contributed by atoms with Gasteiger partial charge in [0.15, 0.2) is 0 Å². The minimum absolute atomic E-state index is 0.552. The lowest BCUT2D eigenvalue weighted by Gasteiger charge is -2.39. The van der Waals surface area contributed by atoms with Gasteiger partial charge in [-0.1, -0.05) is 31.9 Å². The van der Waals surface area contributed by atoms with Gasteiger partial charge < -0.3 is 5.32 Å². The quantitative estimate of drug-likeness (QED) is 0.697. The number of rotatable bonds is 3. The Hall–Kier alpha value is -0.300. The molecule has 4 atom stereocenters. The van der Waals surface area contributed by atoms with Gasteiger partial charge in [0.1, 0.15) is 0 Å². The molecule has 2 fully saturated rings. The molecule has 0 amide bonds. The fourth-order valence-corrected chi connectivity index (χ4v) is 4.30. The topological polar surface area (TPSA) is 12.0 Å². The summed E-state index contributed by atoms with van der Waals surface area (Å²) in [6.07, 6.45) is 14.7. The third-order valence-electron chi connectivity index (χ3n) is 4.99. The molecule has 3 aliphatic rings. The summed E-state index contributed by atoms with van der Waals surface area (Å²) in [7, 11) is 0. The van der Waals surface area contributed by atoms with Crippen molar-refractivity contribution in [3.05, 3.63) is 12.2 Å². The zero-order valence-corrected chi connectivity index (χ0v) is 9.84. The zero-order chi connectivity index (χ0) is 10.3. The SMILES string of the molecule is CCCC[C@@]12CC[C@@H](N1)[C@H]1C=CCC[C@H]12. The summed E-state index contributed by atoms with van der Waals surface area (Å²) >= 11 is 0. The molecule has 1 N–H and O–H groups in total. The molecule has 0 saturated carbocycles. The van der Waals surface area contributed by atoms with Crippen LogP contribution in [0.4, 0.5) is 0 Å². The fraction of sp³-hybridized carbons (Fsp3) is 0.857. The van der Waals surface area contributed by atoms with Crippen LogP contribution in [0, 0.1) is 11.8 Å². The van der Waals surface area contributed by atoms with E-state index in [1.165, 1.54) is 44.9 Å². The highest BCUT2D eigenvalue weighted by Crippen LogP contribution is 2.52. The normalized spacial score (nSPS) is 47.1. The molecule has 0 aromatic carbocycles. The Morgan fingerprint density at radius 3 is 3.20 bits per heavy atom. The van der Waals surface area contributed by atoms with Gasteiger partial charge >= 0.3 is 0 Å². The Kier molecular flexibility index (Phi) is 2.39. The lowest BCUT2D eigenvalue weighted by molar-refractivity contribution is 0.196. The molecule has 1 aliphatic carbocycles. The first-order valence-electron chi connectivity index (χ1n) is 6.80. The maximum absolute atomic E-state index is 3.97. The van der Waals surface area contributed by atoms with E-state index in [0.717, 1.165) is 17.9 Å². The Balaban J connectivity index is 1.81. The summed E-state index contributed by atoms with van der Waals surface area (Å²) in [6, 6.07) is 0.823. The number of unbranched alkanes of at least 4 members (excludes halogenated alkanes) is 1. The van der Waals surface area contributed by atoms with Crippen LogP contribution in [0.1, 0.15) is 51.9 Å². The lowest BCUT2D eigenvalue weighted by Crippen LogP contribution is -2.43. The molecule has 0 aromatic heterocycles. The smallest absolute Gasteiger partial charge is 0.0219 e. The molecule has 0 aromatic rings. The molecular weight excluding hydrogens is 182 g/mol. The summed E-state index contributed by atoms with van der Waals surface area (Å²) in [6.45, 7) is 2.32. The van der Waals surface area contributed by atoms with E-state index in [2.05, 4.69) is 24.4 Å². The van der Waals surface area contributed by atoms with E-state index in [1.807, 2.05) is 0 Å². The van der Waals surface area contributed by atoms with E-state index >= 15 is 0 Å². The average molecular weight is 205 g/mol. The van der Waals surface area contributed by atoms with Crippen LogP contribution in [0.5, 0.6) is 0 Å². The van der Waals surface area contributed by atoms with Gasteiger partial charge in [0.2, 0.25) is 0 Å². The molecule has 0 unspecified atom stereocenters. The summed E-state index contributed by atoms with van der Waals surface area (Å²) in [4.78, 5) is 0. The molecule has 0 radical (unpaired) electrons. The predicted molar refractivity (Wildman–Crippen MR) is 63.8 cm³/mol. The van der Waals surface area contributed by atoms with Crippen LogP contribution in [-0.4, -0.2) is 11.6 Å². The van der Waals surface area contributed by atoms with Crippen molar-refractivity contribution < 1.29 is 0 Å². The van der Waals surface area contributed by atoms with Gasteiger partial charge in [0.05, 0.1) is 0 Å². The van der Waals surface area contributed by atoms with Gasteiger partial charge in [0, 0.05) is 11.6 Å². The minimum Gasteiger partial charge on any atom is -0.308 e. The molecule has 3 rings (SSSR count). The maximum Gasteiger partial charge on any atom is 0.0219 e. The number of hydrogen-bond acceptors (Lipinski definition) is 1. The standard InChI is InChI=1S/C14H23N/c1-2-3-9-14-10-8-13(15-14)11-6-4-5-7-12(11)14/h4,6,11-13,15H,2-3,5,7-10H2,1H3/t11-,12+,13+,14-/m0/s1. The lowest BCUT2D eigenvalue weighted by atomic mass is 9.66. The molecule has 0 spiro atoms. The summed E-state index contributed by atoms with van der Waals surface area (Å²) < 4.78 is 0. The highest BCUT2D eigenvalue weighted by atomic mass is 15.1. The minimum atomic E-state index is 0.552. The Morgan fingerprint density at radius 2 is 2.33 bits per heavy atom. The summed E-state index contributed by atoms with van der Waals surface area (Å²) in [5.41, 5.74) is 0.552. The van der Waals surface area contributed by atoms with E-state index in [9.17, 15) is 0 Å². The van der Waals surface area contributed by atoms with Crippen LogP contribution < -0.4 is 5.32 Å². The van der Waals surface area contributed by atoms with Crippen LogP contribution >= 0.6 is 0 Å². The van der Waals surface area contributed by atoms with E-state index < -0.39 is 0 Å². The largest absolute Gasteiger partial charge is 0.308 e. The molecule has 84 valence electrons. The van der Waals surface area contributed by atoms with Crippen molar-refractivity contribution in [3.63, 3.8) is 0 Å². The Morgan fingerprint density at radius 1 is 1.40 bits per heavy atom. The molecule has 2 heterocycles. The molecule has 2 saturated heterocycles. The second kappa shape index (κ2) is 3.62. The van der Waals surface area contributed by atoms with Gasteiger partial charge in [-0.2, -0.15) is 0 Å². The Labute approximate surface area is 93.3 Å². The van der Waals surface area contributed by atoms with Crippen LogP contribution in [-0.2, 0) is 0 Å². The van der Waals surface area contributed by atoms with Crippen LogP contribution in [0.15, 0.2) is 12.2 Å². The fourth-order valence-electron chi connectivity index (χ4n) is 4.30. The second-order valence-corrected chi connectivity index (χ2v) is 5.74. The monoisotopic (exact) mass is 205 g/mol. The number of allylic oxidation sites excluding steroid dienone is 1. The van der Waals surface area contributed by atoms with Crippen molar-refractivity contribution in [2.45, 2.75) is 63.5 Å². The first kappa shape index (κ1) is 9.89. The van der Waals surface area contributed by atoms with Crippen molar-refractivity contribution >= 4 is 0 Å². The van der Waals surface area contributed by atoms with Gasteiger partial charge in [-0.05, 0) is 43.9 Å². The summed E-state index contributed by atoms with van der Waals surface area (Å²) in [5, 5.41) is 3.97. The molecule has 15 heavy (non-hydrogen) atoms. The van der Waals surface area contributed by atoms with Gasteiger partial charge in [-0.3, -0.25) is 0 Å². The van der Waals surface area contributed by atoms with Crippen molar-refractivity contribution in [2.24, 2.45) is 11.8 Å². The first-order valence-corrected chi connectivity index (χ1v) is 6.80. The van der Waals surface area contributed by atoms with Crippen LogP contribution in [0.25, 0.3) is 0 Å². The number of fused-ring (bicyclic) bond motifs is 5. The molecular formula is C14H23N. The van der Waals surface area contributed by atoms with Crippen molar-refractivity contribution in [2.75, 3.05) is 0 Å². The maximum atomic E-state index is 3.97. The third kappa shape index (κ3) is 1.39. The molecule has 1 nitrogen and oxygen atoms in total. The predicted octanol–water partition coefficient (Wildman–Crippen LogP) is 3.26. The molecule has 1 heteroatoms. The highest BCUT2D eigenvalue weighted by molar-refractivity contribution is 5.19. The van der Waals surface area contributed by atoms with Gasteiger partial charge in [-0.15, -0.1) is 0 Å². The van der Waals surface area contributed by atoms with E-state index in [-0.39, 0.29) is 0 Å². The molecule has 2 bridgehead atoms. The zero-order valence-electron chi connectivity index (χ0n) is 9.84. The number of hydrogen-bond donors (Lipinski definition) is 1. The van der Waals surface area contributed by atoms with E-state index in [4.69, 9.17) is 0 Å². The van der Waals surface area contributed by atoms with Crippen LogP contribution in [0.2, 0.25) is 0 Å². The van der Waals surface area contributed by atoms with Gasteiger partial charge in [-0.25, -0.2) is 0 Å². The third-order valence-corrected chi connectivity index (χ3v) is 4.99. The number of nitrogens with one attached hydrogen (secondary N) is 1. The second-order valence-electron chi connectivity index (χ2n) is 5.74. The molecule has 2 aliphatic heterocycles. The first-order chi connectivity index (χ1) is 7.36.